The number of carbonyl (C=O) groups excluding carboxylic acids is 1. The molecule has 0 aromatic rings. The zero-order valence-electron chi connectivity index (χ0n) is 8.11. The van der Waals surface area contributed by atoms with E-state index < -0.39 is 0 Å². The van der Waals surface area contributed by atoms with E-state index in [1.165, 1.54) is 0 Å². The van der Waals surface area contributed by atoms with Gasteiger partial charge in [-0.2, -0.15) is 0 Å². The van der Waals surface area contributed by atoms with E-state index >= 15 is 0 Å². The number of hydrogen-bond donors (Lipinski definition) is 1. The molecule has 0 spiro atoms. The molecule has 1 aliphatic rings. The standard InChI is InChI=1S/C10H17NO/c1-4-10(2,3)11-8-5-6-9(12)7-8/h7,11H,4-6H2,1-3H3. The molecule has 1 rings (SSSR count). The van der Waals surface area contributed by atoms with E-state index in [0.29, 0.717) is 6.42 Å². The highest BCUT2D eigenvalue weighted by molar-refractivity contribution is 5.92. The summed E-state index contributed by atoms with van der Waals surface area (Å²) in [5, 5.41) is 3.38. The van der Waals surface area contributed by atoms with Crippen LogP contribution < -0.4 is 5.32 Å². The van der Waals surface area contributed by atoms with Gasteiger partial charge in [0.1, 0.15) is 0 Å². The maximum atomic E-state index is 10.9. The van der Waals surface area contributed by atoms with Crippen LogP contribution in [-0.4, -0.2) is 11.3 Å². The molecule has 2 heteroatoms. The second-order valence-electron chi connectivity index (χ2n) is 4.00. The van der Waals surface area contributed by atoms with Crippen LogP contribution in [0.5, 0.6) is 0 Å². The van der Waals surface area contributed by atoms with E-state index in [0.717, 1.165) is 18.5 Å². The monoisotopic (exact) mass is 167 g/mol. The molecule has 0 aromatic heterocycles. The minimum Gasteiger partial charge on any atom is -0.383 e. The molecule has 2 nitrogen and oxygen atoms in total. The fourth-order valence-corrected chi connectivity index (χ4v) is 1.22. The lowest BCUT2D eigenvalue weighted by atomic mass is 10.0. The number of carbonyl (C=O) groups is 1. The van der Waals surface area contributed by atoms with Crippen LogP contribution in [0.1, 0.15) is 40.0 Å². The third kappa shape index (κ3) is 2.36. The molecule has 0 saturated heterocycles. The summed E-state index contributed by atoms with van der Waals surface area (Å²) in [6.07, 6.45) is 4.38. The molecule has 1 aliphatic carbocycles. The highest BCUT2D eigenvalue weighted by atomic mass is 16.1. The van der Waals surface area contributed by atoms with Crippen LogP contribution in [0, 0.1) is 0 Å². The number of allylic oxidation sites excluding steroid dienone is 2. The van der Waals surface area contributed by atoms with Crippen LogP contribution in [0.15, 0.2) is 11.8 Å². The van der Waals surface area contributed by atoms with E-state index in [-0.39, 0.29) is 11.3 Å². The van der Waals surface area contributed by atoms with E-state index in [1.807, 2.05) is 0 Å². The predicted octanol–water partition coefficient (Wildman–Crippen LogP) is 2.01. The van der Waals surface area contributed by atoms with Gasteiger partial charge in [-0.15, -0.1) is 0 Å². The molecule has 0 unspecified atom stereocenters. The van der Waals surface area contributed by atoms with Gasteiger partial charge in [0.05, 0.1) is 0 Å². The molecule has 0 radical (unpaired) electrons. The lowest BCUT2D eigenvalue weighted by molar-refractivity contribution is -0.114. The van der Waals surface area contributed by atoms with Crippen molar-refractivity contribution >= 4 is 5.78 Å². The Kier molecular flexibility index (Phi) is 2.55. The maximum Gasteiger partial charge on any atom is 0.157 e. The fourth-order valence-electron chi connectivity index (χ4n) is 1.22. The Morgan fingerprint density at radius 1 is 1.50 bits per heavy atom. The quantitative estimate of drug-likeness (QED) is 0.696. The Balaban J connectivity index is 2.52. The van der Waals surface area contributed by atoms with Crippen molar-refractivity contribution in [3.63, 3.8) is 0 Å². The Labute approximate surface area is 74.0 Å². The molecule has 12 heavy (non-hydrogen) atoms. The van der Waals surface area contributed by atoms with Gasteiger partial charge in [-0.1, -0.05) is 6.92 Å². The first-order chi connectivity index (χ1) is 5.53. The largest absolute Gasteiger partial charge is 0.383 e. The van der Waals surface area contributed by atoms with Crippen molar-refractivity contribution in [2.45, 2.75) is 45.6 Å². The topological polar surface area (TPSA) is 29.1 Å². The molecular formula is C10H17NO. The van der Waals surface area contributed by atoms with Gasteiger partial charge in [0, 0.05) is 23.7 Å². The summed E-state index contributed by atoms with van der Waals surface area (Å²) in [5.74, 6) is 0.254. The number of ketones is 1. The van der Waals surface area contributed by atoms with Crippen molar-refractivity contribution in [2.75, 3.05) is 0 Å². The second kappa shape index (κ2) is 3.30. The fraction of sp³-hybridized carbons (Fsp3) is 0.700. The van der Waals surface area contributed by atoms with Crippen molar-refractivity contribution in [1.29, 1.82) is 0 Å². The van der Waals surface area contributed by atoms with E-state index in [9.17, 15) is 4.79 Å². The van der Waals surface area contributed by atoms with Gasteiger partial charge < -0.3 is 5.32 Å². The summed E-state index contributed by atoms with van der Waals surface area (Å²) in [6, 6.07) is 0. The van der Waals surface area contributed by atoms with Crippen LogP contribution in [0.3, 0.4) is 0 Å². The van der Waals surface area contributed by atoms with Gasteiger partial charge in [-0.25, -0.2) is 0 Å². The van der Waals surface area contributed by atoms with Crippen molar-refractivity contribution in [3.05, 3.63) is 11.8 Å². The van der Waals surface area contributed by atoms with Crippen LogP contribution in [0.25, 0.3) is 0 Å². The zero-order chi connectivity index (χ0) is 9.19. The van der Waals surface area contributed by atoms with E-state index in [1.54, 1.807) is 6.08 Å². The molecule has 0 aliphatic heterocycles. The Hall–Kier alpha value is -0.790. The Morgan fingerprint density at radius 3 is 2.58 bits per heavy atom. The molecular weight excluding hydrogens is 150 g/mol. The summed E-state index contributed by atoms with van der Waals surface area (Å²) in [5.41, 5.74) is 1.23. The van der Waals surface area contributed by atoms with Crippen molar-refractivity contribution in [2.24, 2.45) is 0 Å². The van der Waals surface area contributed by atoms with Gasteiger partial charge in [-0.05, 0) is 26.7 Å². The van der Waals surface area contributed by atoms with Crippen LogP contribution in [-0.2, 0) is 4.79 Å². The molecule has 0 amide bonds. The van der Waals surface area contributed by atoms with Crippen LogP contribution in [0.2, 0.25) is 0 Å². The van der Waals surface area contributed by atoms with Crippen molar-refractivity contribution in [3.8, 4) is 0 Å². The number of nitrogens with one attached hydrogen (secondary N) is 1. The molecule has 1 N–H and O–H groups in total. The maximum absolute atomic E-state index is 10.9. The van der Waals surface area contributed by atoms with Crippen molar-refractivity contribution < 1.29 is 4.79 Å². The lowest BCUT2D eigenvalue weighted by Crippen LogP contribution is -2.37. The van der Waals surface area contributed by atoms with E-state index in [4.69, 9.17) is 0 Å². The Bertz CT molecular complexity index is 216. The van der Waals surface area contributed by atoms with Crippen LogP contribution in [0.4, 0.5) is 0 Å². The van der Waals surface area contributed by atoms with Gasteiger partial charge >= 0.3 is 0 Å². The third-order valence-corrected chi connectivity index (χ3v) is 2.36. The molecule has 0 saturated carbocycles. The predicted molar refractivity (Wildman–Crippen MR) is 49.8 cm³/mol. The molecule has 0 aromatic carbocycles. The minimum atomic E-state index is 0.121. The molecule has 68 valence electrons. The summed E-state index contributed by atoms with van der Waals surface area (Å²) in [4.78, 5) is 10.9. The summed E-state index contributed by atoms with van der Waals surface area (Å²) in [6.45, 7) is 6.44. The third-order valence-electron chi connectivity index (χ3n) is 2.36. The SMILES string of the molecule is CCC(C)(C)NC1=CC(=O)CC1. The smallest absolute Gasteiger partial charge is 0.157 e. The molecule has 0 fully saturated rings. The van der Waals surface area contributed by atoms with Crippen LogP contribution >= 0.6 is 0 Å². The molecule has 0 bridgehead atoms. The first-order valence-corrected chi connectivity index (χ1v) is 4.55. The average molecular weight is 167 g/mol. The first kappa shape index (κ1) is 9.30. The first-order valence-electron chi connectivity index (χ1n) is 4.55. The highest BCUT2D eigenvalue weighted by Gasteiger charge is 2.19. The highest BCUT2D eigenvalue weighted by Crippen LogP contribution is 2.17. The van der Waals surface area contributed by atoms with Gasteiger partial charge in [-0.3, -0.25) is 4.79 Å². The molecule has 0 atom stereocenters. The van der Waals surface area contributed by atoms with Crippen molar-refractivity contribution in [1.82, 2.24) is 5.32 Å². The van der Waals surface area contributed by atoms with Gasteiger partial charge in [0.15, 0.2) is 5.78 Å². The van der Waals surface area contributed by atoms with Gasteiger partial charge in [0.2, 0.25) is 0 Å². The normalized spacial score (nSPS) is 17.9. The average Bonchev–Trinajstić information content (AvgIpc) is 2.35. The van der Waals surface area contributed by atoms with Gasteiger partial charge in [0.25, 0.3) is 0 Å². The zero-order valence-corrected chi connectivity index (χ0v) is 8.11. The Morgan fingerprint density at radius 2 is 2.17 bits per heavy atom. The number of hydrogen-bond acceptors (Lipinski definition) is 2. The number of rotatable bonds is 3. The second-order valence-corrected chi connectivity index (χ2v) is 4.00. The summed E-state index contributed by atoms with van der Waals surface area (Å²) in [7, 11) is 0. The summed E-state index contributed by atoms with van der Waals surface area (Å²) < 4.78 is 0. The summed E-state index contributed by atoms with van der Waals surface area (Å²) >= 11 is 0. The minimum absolute atomic E-state index is 0.121. The van der Waals surface area contributed by atoms with E-state index in [2.05, 4.69) is 26.1 Å². The lowest BCUT2D eigenvalue weighted by Gasteiger charge is -2.26. The molecule has 0 heterocycles.